The zero-order chi connectivity index (χ0) is 15.6. The number of nitrogens with one attached hydrogen (secondary N) is 2. The Bertz CT molecular complexity index is 576. The van der Waals surface area contributed by atoms with Gasteiger partial charge in [0.15, 0.2) is 0 Å². The lowest BCUT2D eigenvalue weighted by Gasteiger charge is -2.26. The van der Waals surface area contributed by atoms with E-state index in [1.54, 1.807) is 11.2 Å². The number of rotatable bonds is 8. The molecule has 2 rings (SSSR count). The Hall–Kier alpha value is -0.920. The molecule has 0 radical (unpaired) electrons. The molecule has 0 saturated heterocycles. The average molecular weight is 314 g/mol. The van der Waals surface area contributed by atoms with Crippen molar-refractivity contribution in [3.8, 4) is 0 Å². The third kappa shape index (κ3) is 3.64. The van der Waals surface area contributed by atoms with Crippen molar-refractivity contribution in [1.29, 1.82) is 0 Å². The molecule has 1 aliphatic carbocycles. The van der Waals surface area contributed by atoms with Crippen LogP contribution in [-0.2, 0) is 16.6 Å². The van der Waals surface area contributed by atoms with Crippen LogP contribution >= 0.6 is 0 Å². The van der Waals surface area contributed by atoms with Gasteiger partial charge < -0.3 is 5.32 Å². The van der Waals surface area contributed by atoms with Crippen molar-refractivity contribution >= 4 is 10.0 Å². The van der Waals surface area contributed by atoms with Crippen LogP contribution in [0.15, 0.2) is 4.90 Å². The van der Waals surface area contributed by atoms with E-state index in [0.29, 0.717) is 35.3 Å². The van der Waals surface area contributed by atoms with Crippen LogP contribution in [0.1, 0.15) is 45.0 Å². The molecule has 0 bridgehead atoms. The molecule has 0 unspecified atom stereocenters. The highest BCUT2D eigenvalue weighted by Gasteiger charge is 2.36. The highest BCUT2D eigenvalue weighted by atomic mass is 32.2. The van der Waals surface area contributed by atoms with Crippen molar-refractivity contribution in [2.45, 2.75) is 58.0 Å². The second-order valence-corrected chi connectivity index (χ2v) is 7.84. The van der Waals surface area contributed by atoms with Crippen LogP contribution in [0.4, 0.5) is 0 Å². The Kier molecular flexibility index (Phi) is 5.06. The first-order chi connectivity index (χ1) is 9.87. The number of aromatic nitrogens is 2. The first-order valence-corrected chi connectivity index (χ1v) is 9.08. The molecule has 0 spiro atoms. The van der Waals surface area contributed by atoms with Crippen LogP contribution in [0.25, 0.3) is 0 Å². The summed E-state index contributed by atoms with van der Waals surface area (Å²) in [6.45, 7) is 9.47. The Morgan fingerprint density at radius 3 is 2.62 bits per heavy atom. The molecule has 120 valence electrons. The van der Waals surface area contributed by atoms with E-state index in [1.165, 1.54) is 0 Å². The maximum absolute atomic E-state index is 13.0. The summed E-state index contributed by atoms with van der Waals surface area (Å²) in [4.78, 5) is 0.345. The summed E-state index contributed by atoms with van der Waals surface area (Å²) in [6, 6.07) is -0.0446. The van der Waals surface area contributed by atoms with E-state index in [9.17, 15) is 8.42 Å². The van der Waals surface area contributed by atoms with Gasteiger partial charge in [-0.25, -0.2) is 8.42 Å². The zero-order valence-electron chi connectivity index (χ0n) is 13.3. The molecule has 1 aliphatic rings. The lowest BCUT2D eigenvalue weighted by molar-refractivity contribution is 0.341. The van der Waals surface area contributed by atoms with Gasteiger partial charge in [0.1, 0.15) is 4.90 Å². The lowest BCUT2D eigenvalue weighted by Crippen LogP contribution is -2.39. The maximum Gasteiger partial charge on any atom is 0.247 e. The topological polar surface area (TPSA) is 78.1 Å². The van der Waals surface area contributed by atoms with Crippen LogP contribution in [0, 0.1) is 12.8 Å². The molecule has 6 nitrogen and oxygen atoms in total. The van der Waals surface area contributed by atoms with Gasteiger partial charge in [0, 0.05) is 19.1 Å². The van der Waals surface area contributed by atoms with E-state index in [2.05, 4.69) is 15.5 Å². The third-order valence-electron chi connectivity index (χ3n) is 3.78. The summed E-state index contributed by atoms with van der Waals surface area (Å²) in [5.41, 5.74) is 1.19. The van der Waals surface area contributed by atoms with E-state index in [1.807, 2.05) is 20.8 Å². The van der Waals surface area contributed by atoms with Gasteiger partial charge >= 0.3 is 0 Å². The molecule has 2 N–H and O–H groups in total. The van der Waals surface area contributed by atoms with Gasteiger partial charge in [-0.15, -0.1) is 0 Å². The number of aromatic amines is 1. The molecule has 0 aromatic carbocycles. The van der Waals surface area contributed by atoms with Crippen LogP contribution in [0.3, 0.4) is 0 Å². The van der Waals surface area contributed by atoms with Gasteiger partial charge in [0.25, 0.3) is 0 Å². The molecule has 1 heterocycles. The van der Waals surface area contributed by atoms with Crippen LogP contribution < -0.4 is 5.32 Å². The third-order valence-corrected chi connectivity index (χ3v) is 6.03. The quantitative estimate of drug-likeness (QED) is 0.764. The molecule has 7 heteroatoms. The number of aryl methyl sites for hydroxylation is 1. The predicted octanol–water partition coefficient (Wildman–Crippen LogP) is 1.64. The van der Waals surface area contributed by atoms with E-state index in [-0.39, 0.29) is 6.04 Å². The van der Waals surface area contributed by atoms with Crippen molar-refractivity contribution in [3.63, 3.8) is 0 Å². The SMILES string of the molecule is CCNCc1n[nH]c(C)c1S(=O)(=O)N(CC1CC1)C(C)C. The van der Waals surface area contributed by atoms with Crippen molar-refractivity contribution in [2.24, 2.45) is 5.92 Å². The molecular weight excluding hydrogens is 288 g/mol. The number of hydrogen-bond donors (Lipinski definition) is 2. The summed E-state index contributed by atoms with van der Waals surface area (Å²) in [5, 5.41) is 10.1. The van der Waals surface area contributed by atoms with E-state index in [4.69, 9.17) is 0 Å². The second-order valence-electron chi connectivity index (χ2n) is 6.02. The van der Waals surface area contributed by atoms with Crippen LogP contribution in [0.5, 0.6) is 0 Å². The molecule has 21 heavy (non-hydrogen) atoms. The minimum absolute atomic E-state index is 0.0446. The van der Waals surface area contributed by atoms with Gasteiger partial charge in [-0.1, -0.05) is 6.92 Å². The predicted molar refractivity (Wildman–Crippen MR) is 82.5 cm³/mol. The summed E-state index contributed by atoms with van der Waals surface area (Å²) in [5.74, 6) is 0.520. The normalized spacial score (nSPS) is 16.1. The lowest BCUT2D eigenvalue weighted by atomic mass is 10.3. The Morgan fingerprint density at radius 1 is 1.43 bits per heavy atom. The summed E-state index contributed by atoms with van der Waals surface area (Å²) in [6.07, 6.45) is 2.26. The van der Waals surface area contributed by atoms with Gasteiger partial charge in [-0.3, -0.25) is 5.10 Å². The molecule has 1 fully saturated rings. The standard InChI is InChI=1S/C14H26N4O2S/c1-5-15-8-13-14(11(4)16-17-13)21(19,20)18(10(2)3)9-12-6-7-12/h10,12,15H,5-9H2,1-4H3,(H,16,17). The highest BCUT2D eigenvalue weighted by molar-refractivity contribution is 7.89. The van der Waals surface area contributed by atoms with Gasteiger partial charge in [0.05, 0.1) is 11.4 Å². The van der Waals surface area contributed by atoms with E-state index < -0.39 is 10.0 Å². The highest BCUT2D eigenvalue weighted by Crippen LogP contribution is 2.33. The van der Waals surface area contributed by atoms with Crippen LogP contribution in [0.2, 0.25) is 0 Å². The molecule has 1 saturated carbocycles. The molecule has 0 amide bonds. The first kappa shape index (κ1) is 16.5. The number of nitrogens with zero attached hydrogens (tertiary/aromatic N) is 2. The Balaban J connectivity index is 2.34. The summed E-state index contributed by atoms with van der Waals surface area (Å²) < 4.78 is 27.7. The Morgan fingerprint density at radius 2 is 2.10 bits per heavy atom. The smallest absolute Gasteiger partial charge is 0.247 e. The minimum atomic E-state index is -3.50. The number of H-pyrrole nitrogens is 1. The summed E-state index contributed by atoms with van der Waals surface area (Å²) in [7, 11) is -3.50. The monoisotopic (exact) mass is 314 g/mol. The second kappa shape index (κ2) is 6.46. The van der Waals surface area contributed by atoms with Crippen molar-refractivity contribution in [1.82, 2.24) is 19.8 Å². The largest absolute Gasteiger partial charge is 0.311 e. The molecule has 0 atom stereocenters. The minimum Gasteiger partial charge on any atom is -0.311 e. The fraction of sp³-hybridized carbons (Fsp3) is 0.786. The number of sulfonamides is 1. The molecular formula is C14H26N4O2S. The fourth-order valence-electron chi connectivity index (χ4n) is 2.43. The Labute approximate surface area is 127 Å². The van der Waals surface area contributed by atoms with Crippen LogP contribution in [-0.4, -0.2) is 42.1 Å². The molecule has 1 aromatic heterocycles. The fourth-order valence-corrected chi connectivity index (χ4v) is 4.48. The van der Waals surface area contributed by atoms with Crippen molar-refractivity contribution in [3.05, 3.63) is 11.4 Å². The maximum atomic E-state index is 13.0. The van der Waals surface area contributed by atoms with E-state index in [0.717, 1.165) is 19.4 Å². The van der Waals surface area contributed by atoms with Gasteiger partial charge in [-0.2, -0.15) is 9.40 Å². The summed E-state index contributed by atoms with van der Waals surface area (Å²) >= 11 is 0. The average Bonchev–Trinajstić information content (AvgIpc) is 3.15. The molecule has 1 aromatic rings. The van der Waals surface area contributed by atoms with E-state index >= 15 is 0 Å². The van der Waals surface area contributed by atoms with Gasteiger partial charge in [0.2, 0.25) is 10.0 Å². The zero-order valence-corrected chi connectivity index (χ0v) is 14.1. The molecule has 0 aliphatic heterocycles. The van der Waals surface area contributed by atoms with Crippen molar-refractivity contribution in [2.75, 3.05) is 13.1 Å². The number of hydrogen-bond acceptors (Lipinski definition) is 4. The first-order valence-electron chi connectivity index (χ1n) is 7.64. The van der Waals surface area contributed by atoms with Crippen molar-refractivity contribution < 1.29 is 8.42 Å². The van der Waals surface area contributed by atoms with Gasteiger partial charge in [-0.05, 0) is 46.1 Å².